The minimum absolute atomic E-state index is 0.0265. The summed E-state index contributed by atoms with van der Waals surface area (Å²) in [6.07, 6.45) is 4.01. The zero-order valence-corrected chi connectivity index (χ0v) is 14.4. The zero-order chi connectivity index (χ0) is 17.9. The number of hydrogen-bond donors (Lipinski definition) is 3. The Balaban J connectivity index is 2.10. The van der Waals surface area contributed by atoms with Gasteiger partial charge in [-0.3, -0.25) is 4.79 Å². The van der Waals surface area contributed by atoms with Crippen LogP contribution in [-0.2, 0) is 4.74 Å². The summed E-state index contributed by atoms with van der Waals surface area (Å²) in [6.45, 7) is 2.14. The number of rotatable bonds is 4. The lowest BCUT2D eigenvalue weighted by Crippen LogP contribution is -2.56. The number of halogens is 2. The Morgan fingerprint density at radius 1 is 1.50 bits per heavy atom. The molecule has 0 bridgehead atoms. The van der Waals surface area contributed by atoms with Crippen LogP contribution in [0.1, 0.15) is 22.6 Å². The number of likely N-dealkylation sites (tertiary alicyclic amines) is 1. The van der Waals surface area contributed by atoms with Crippen LogP contribution in [-0.4, -0.2) is 58.8 Å². The summed E-state index contributed by atoms with van der Waals surface area (Å²) in [6, 6.07) is -0.389. The summed E-state index contributed by atoms with van der Waals surface area (Å²) in [4.78, 5) is 27.6. The first-order chi connectivity index (χ1) is 11.3. The predicted octanol–water partition coefficient (Wildman–Crippen LogP) is 2.13. The predicted molar refractivity (Wildman–Crippen MR) is 89.6 cm³/mol. The van der Waals surface area contributed by atoms with Crippen LogP contribution in [0.4, 0.5) is 4.79 Å². The fourth-order valence-corrected chi connectivity index (χ4v) is 2.96. The van der Waals surface area contributed by atoms with Gasteiger partial charge in [-0.25, -0.2) is 4.79 Å². The molecular formula is C15H17Cl2N3O4. The third kappa shape index (κ3) is 3.96. The van der Waals surface area contributed by atoms with Gasteiger partial charge in [0.25, 0.3) is 5.91 Å². The fourth-order valence-electron chi connectivity index (χ4n) is 2.55. The standard InChI is InChI=1S/C15H17Cl2N3O4/c1-3-6-24-10-7-20(15(22)23)5-4-9(10)19-14(21)13-12(17)11(16)8(2)18-13/h1,9-10,18H,4-7H2,2H3,(H,19,21)(H,22,23). The van der Waals surface area contributed by atoms with Crippen LogP contribution in [0.15, 0.2) is 0 Å². The molecule has 0 aromatic carbocycles. The molecule has 2 atom stereocenters. The van der Waals surface area contributed by atoms with Crippen molar-refractivity contribution in [3.63, 3.8) is 0 Å². The normalized spacial score (nSPS) is 20.5. The van der Waals surface area contributed by atoms with Gasteiger partial charge in [0.2, 0.25) is 0 Å². The quantitative estimate of drug-likeness (QED) is 0.704. The number of carbonyl (C=O) groups is 2. The van der Waals surface area contributed by atoms with E-state index in [-0.39, 0.29) is 36.5 Å². The van der Waals surface area contributed by atoms with E-state index in [0.717, 1.165) is 0 Å². The van der Waals surface area contributed by atoms with Crippen molar-refractivity contribution in [2.75, 3.05) is 19.7 Å². The molecule has 0 saturated carbocycles. The molecule has 1 fully saturated rings. The van der Waals surface area contributed by atoms with E-state index in [2.05, 4.69) is 16.2 Å². The molecule has 2 amide bonds. The van der Waals surface area contributed by atoms with Gasteiger partial charge in [-0.1, -0.05) is 29.1 Å². The van der Waals surface area contributed by atoms with Gasteiger partial charge in [-0.2, -0.15) is 0 Å². The third-order valence-electron chi connectivity index (χ3n) is 3.81. The number of aromatic nitrogens is 1. The number of amides is 2. The van der Waals surface area contributed by atoms with Gasteiger partial charge < -0.3 is 25.0 Å². The first-order valence-corrected chi connectivity index (χ1v) is 7.98. The van der Waals surface area contributed by atoms with E-state index in [1.807, 2.05) is 0 Å². The average molecular weight is 374 g/mol. The number of carboxylic acid groups (broad SMARTS) is 1. The Labute approximate surface area is 149 Å². The summed E-state index contributed by atoms with van der Waals surface area (Å²) < 4.78 is 5.50. The highest BCUT2D eigenvalue weighted by atomic mass is 35.5. The molecule has 2 unspecified atom stereocenters. The van der Waals surface area contributed by atoms with Gasteiger partial charge in [0.15, 0.2) is 0 Å². The molecule has 9 heteroatoms. The number of piperidine rings is 1. The van der Waals surface area contributed by atoms with E-state index >= 15 is 0 Å². The van der Waals surface area contributed by atoms with E-state index in [1.54, 1.807) is 6.92 Å². The lowest BCUT2D eigenvalue weighted by atomic mass is 10.0. The summed E-state index contributed by atoms with van der Waals surface area (Å²) in [7, 11) is 0. The van der Waals surface area contributed by atoms with Crippen molar-refractivity contribution in [1.82, 2.24) is 15.2 Å². The number of hydrogen-bond acceptors (Lipinski definition) is 3. The summed E-state index contributed by atoms with van der Waals surface area (Å²) in [5.74, 6) is 1.91. The van der Waals surface area contributed by atoms with Crippen molar-refractivity contribution >= 4 is 35.2 Å². The minimum Gasteiger partial charge on any atom is -0.465 e. The van der Waals surface area contributed by atoms with Crippen LogP contribution in [0, 0.1) is 19.3 Å². The van der Waals surface area contributed by atoms with E-state index < -0.39 is 18.1 Å². The summed E-state index contributed by atoms with van der Waals surface area (Å²) in [5, 5.41) is 12.4. The molecule has 7 nitrogen and oxygen atoms in total. The highest BCUT2D eigenvalue weighted by molar-refractivity contribution is 6.44. The first kappa shape index (κ1) is 18.5. The lowest BCUT2D eigenvalue weighted by Gasteiger charge is -2.37. The Kier molecular flexibility index (Phi) is 5.99. The van der Waals surface area contributed by atoms with Gasteiger partial charge in [0.1, 0.15) is 12.3 Å². The maximum absolute atomic E-state index is 12.4. The molecule has 1 aliphatic rings. The van der Waals surface area contributed by atoms with Crippen molar-refractivity contribution in [3.05, 3.63) is 21.4 Å². The largest absolute Gasteiger partial charge is 0.465 e. The van der Waals surface area contributed by atoms with Gasteiger partial charge in [0, 0.05) is 12.2 Å². The maximum Gasteiger partial charge on any atom is 0.407 e. The van der Waals surface area contributed by atoms with Crippen LogP contribution in [0.2, 0.25) is 10.0 Å². The Morgan fingerprint density at radius 2 is 2.21 bits per heavy atom. The van der Waals surface area contributed by atoms with Gasteiger partial charge in [0.05, 0.1) is 28.7 Å². The van der Waals surface area contributed by atoms with Crippen LogP contribution >= 0.6 is 23.2 Å². The van der Waals surface area contributed by atoms with Crippen molar-refractivity contribution in [3.8, 4) is 12.3 Å². The van der Waals surface area contributed by atoms with Crippen molar-refractivity contribution in [2.24, 2.45) is 0 Å². The van der Waals surface area contributed by atoms with Gasteiger partial charge >= 0.3 is 6.09 Å². The van der Waals surface area contributed by atoms with Crippen molar-refractivity contribution in [2.45, 2.75) is 25.5 Å². The zero-order valence-electron chi connectivity index (χ0n) is 12.9. The summed E-state index contributed by atoms with van der Waals surface area (Å²) >= 11 is 12.0. The van der Waals surface area contributed by atoms with E-state index in [9.17, 15) is 9.59 Å². The topological polar surface area (TPSA) is 94.7 Å². The minimum atomic E-state index is -1.04. The molecule has 3 N–H and O–H groups in total. The van der Waals surface area contributed by atoms with E-state index in [4.69, 9.17) is 39.5 Å². The number of H-pyrrole nitrogens is 1. The number of terminal acetylenes is 1. The summed E-state index contributed by atoms with van der Waals surface area (Å²) in [5.41, 5.74) is 0.753. The highest BCUT2D eigenvalue weighted by Crippen LogP contribution is 2.29. The molecule has 1 saturated heterocycles. The number of ether oxygens (including phenoxy) is 1. The average Bonchev–Trinajstić information content (AvgIpc) is 2.81. The number of aryl methyl sites for hydroxylation is 1. The molecule has 130 valence electrons. The Morgan fingerprint density at radius 3 is 2.75 bits per heavy atom. The molecule has 0 aliphatic carbocycles. The SMILES string of the molecule is C#CCOC1CN(C(=O)O)CCC1NC(=O)c1[nH]c(C)c(Cl)c1Cl. The number of nitrogens with one attached hydrogen (secondary N) is 2. The Hall–Kier alpha value is -1.88. The van der Waals surface area contributed by atoms with Crippen LogP contribution in [0.5, 0.6) is 0 Å². The second-order valence-electron chi connectivity index (χ2n) is 5.40. The number of aromatic amines is 1. The molecule has 0 radical (unpaired) electrons. The molecule has 1 aliphatic heterocycles. The monoisotopic (exact) mass is 373 g/mol. The molecule has 0 spiro atoms. The maximum atomic E-state index is 12.4. The van der Waals surface area contributed by atoms with E-state index in [0.29, 0.717) is 17.1 Å². The number of carbonyl (C=O) groups excluding carboxylic acids is 1. The van der Waals surface area contributed by atoms with Gasteiger partial charge in [-0.05, 0) is 13.3 Å². The van der Waals surface area contributed by atoms with E-state index in [1.165, 1.54) is 4.90 Å². The molecule has 2 heterocycles. The van der Waals surface area contributed by atoms with Crippen molar-refractivity contribution < 1.29 is 19.4 Å². The van der Waals surface area contributed by atoms with Crippen LogP contribution in [0.25, 0.3) is 0 Å². The molecule has 1 aromatic rings. The molecular weight excluding hydrogens is 357 g/mol. The lowest BCUT2D eigenvalue weighted by molar-refractivity contribution is -0.00289. The third-order valence-corrected chi connectivity index (χ3v) is 4.76. The second kappa shape index (κ2) is 7.79. The van der Waals surface area contributed by atoms with Crippen LogP contribution in [0.3, 0.4) is 0 Å². The van der Waals surface area contributed by atoms with Crippen LogP contribution < -0.4 is 5.32 Å². The van der Waals surface area contributed by atoms with Gasteiger partial charge in [-0.15, -0.1) is 6.42 Å². The first-order valence-electron chi connectivity index (χ1n) is 7.22. The molecule has 2 rings (SSSR count). The fraction of sp³-hybridized carbons (Fsp3) is 0.467. The second-order valence-corrected chi connectivity index (χ2v) is 6.16. The van der Waals surface area contributed by atoms with Crippen molar-refractivity contribution in [1.29, 1.82) is 0 Å². The smallest absolute Gasteiger partial charge is 0.407 e. The molecule has 1 aromatic heterocycles. The number of nitrogens with zero attached hydrogens (tertiary/aromatic N) is 1. The highest BCUT2D eigenvalue weighted by Gasteiger charge is 2.34. The molecule has 24 heavy (non-hydrogen) atoms. The Bertz CT molecular complexity index is 683.